The van der Waals surface area contributed by atoms with Gasteiger partial charge in [-0.3, -0.25) is 0 Å². The van der Waals surface area contributed by atoms with Gasteiger partial charge in [-0.05, 0) is 23.6 Å². The normalized spacial score (nSPS) is 10.1. The average molecular weight is 218 g/mol. The Morgan fingerprint density at radius 2 is 2.27 bits per heavy atom. The molecule has 2 heterocycles. The van der Waals surface area contributed by atoms with E-state index in [2.05, 4.69) is 6.58 Å². The number of thiophene rings is 1. The third kappa shape index (κ3) is 1.59. The molecular weight excluding hydrogens is 210 g/mol. The Morgan fingerprint density at radius 3 is 2.80 bits per heavy atom. The highest BCUT2D eigenvalue weighted by atomic mass is 32.1. The lowest BCUT2D eigenvalue weighted by Crippen LogP contribution is -2.24. The molecule has 0 atom stereocenters. The van der Waals surface area contributed by atoms with Crippen molar-refractivity contribution in [3.05, 3.63) is 41.9 Å². The molecule has 0 aliphatic heterocycles. The summed E-state index contributed by atoms with van der Waals surface area (Å²) in [5, 5.41) is 12.7. The highest BCUT2D eigenvalue weighted by Gasteiger charge is 2.08. The van der Waals surface area contributed by atoms with E-state index in [0.29, 0.717) is 0 Å². The molecule has 0 fully saturated rings. The highest BCUT2D eigenvalue weighted by molar-refractivity contribution is 7.13. The Morgan fingerprint density at radius 1 is 1.47 bits per heavy atom. The summed E-state index contributed by atoms with van der Waals surface area (Å²) in [5.74, 6) is -1.20. The molecule has 3 nitrogen and oxygen atoms in total. The quantitative estimate of drug-likeness (QED) is 0.786. The van der Waals surface area contributed by atoms with E-state index in [4.69, 9.17) is 0 Å². The lowest BCUT2D eigenvalue weighted by Gasteiger charge is -2.07. The molecule has 0 radical (unpaired) electrons. The predicted octanol–water partition coefficient (Wildman–Crippen LogP) is 1.68. The minimum absolute atomic E-state index is 0.119. The second kappa shape index (κ2) is 3.74. The van der Waals surface area contributed by atoms with Crippen LogP contribution in [0.15, 0.2) is 36.2 Å². The van der Waals surface area contributed by atoms with Crippen molar-refractivity contribution >= 4 is 23.5 Å². The highest BCUT2D eigenvalue weighted by Crippen LogP contribution is 2.26. The first-order chi connectivity index (χ1) is 7.24. The van der Waals surface area contributed by atoms with Crippen LogP contribution in [-0.4, -0.2) is 10.5 Å². The van der Waals surface area contributed by atoms with Gasteiger partial charge in [-0.15, -0.1) is 11.3 Å². The van der Waals surface area contributed by atoms with Crippen LogP contribution in [0.1, 0.15) is 10.5 Å². The monoisotopic (exact) mass is 218 g/mol. The maximum absolute atomic E-state index is 10.8. The summed E-state index contributed by atoms with van der Waals surface area (Å²) in [6.07, 6.45) is 1.47. The molecule has 0 bridgehead atoms. The van der Waals surface area contributed by atoms with Crippen molar-refractivity contribution in [3.63, 3.8) is 0 Å². The average Bonchev–Trinajstić information content (AvgIpc) is 2.85. The molecule has 0 saturated heterocycles. The van der Waals surface area contributed by atoms with Crippen LogP contribution in [-0.2, 0) is 0 Å². The molecular formula is C11H8NO2S-. The van der Waals surface area contributed by atoms with Crippen molar-refractivity contribution in [1.82, 2.24) is 4.57 Å². The summed E-state index contributed by atoms with van der Waals surface area (Å²) in [4.78, 5) is 11.8. The summed E-state index contributed by atoms with van der Waals surface area (Å²) in [7, 11) is 0. The maximum atomic E-state index is 10.8. The summed E-state index contributed by atoms with van der Waals surface area (Å²) in [5.41, 5.74) is 0.938. The van der Waals surface area contributed by atoms with Gasteiger partial charge in [0, 0.05) is 6.20 Å². The molecule has 0 amide bonds. The molecule has 0 spiro atoms. The Labute approximate surface area is 90.9 Å². The Balaban J connectivity index is 2.59. The molecule has 4 heteroatoms. The smallest absolute Gasteiger partial charge is 0.0883 e. The van der Waals surface area contributed by atoms with Gasteiger partial charge in [0.1, 0.15) is 0 Å². The molecule has 2 rings (SSSR count). The van der Waals surface area contributed by atoms with Gasteiger partial charge in [0.25, 0.3) is 0 Å². The number of hydrogen-bond acceptors (Lipinski definition) is 3. The van der Waals surface area contributed by atoms with Crippen molar-refractivity contribution in [3.8, 4) is 10.6 Å². The van der Waals surface area contributed by atoms with E-state index in [9.17, 15) is 9.90 Å². The molecule has 15 heavy (non-hydrogen) atoms. The first-order valence-electron chi connectivity index (χ1n) is 4.33. The summed E-state index contributed by atoms with van der Waals surface area (Å²) >= 11 is 1.55. The van der Waals surface area contributed by atoms with Gasteiger partial charge in [-0.25, -0.2) is 0 Å². The van der Waals surface area contributed by atoms with Crippen LogP contribution in [0.5, 0.6) is 0 Å². The van der Waals surface area contributed by atoms with Gasteiger partial charge in [0.15, 0.2) is 0 Å². The Hall–Kier alpha value is -1.81. The zero-order valence-corrected chi connectivity index (χ0v) is 8.66. The standard InChI is InChI=1S/C11H9NO2S/c1-2-12-8(10-4-3-7-15-10)5-6-9(12)11(13)14/h2-7H,1H2,(H,13,14)/p-1. The SMILES string of the molecule is C=Cn1c(C(=O)[O-])ccc1-c1cccs1. The second-order valence-electron chi connectivity index (χ2n) is 2.92. The van der Waals surface area contributed by atoms with Crippen molar-refractivity contribution in [2.24, 2.45) is 0 Å². The van der Waals surface area contributed by atoms with Gasteiger partial charge in [0.2, 0.25) is 0 Å². The van der Waals surface area contributed by atoms with Crippen LogP contribution >= 0.6 is 11.3 Å². The number of aromatic carboxylic acids is 1. The van der Waals surface area contributed by atoms with E-state index >= 15 is 0 Å². The zero-order chi connectivity index (χ0) is 10.8. The van der Waals surface area contributed by atoms with E-state index in [-0.39, 0.29) is 5.69 Å². The first-order valence-corrected chi connectivity index (χ1v) is 5.21. The van der Waals surface area contributed by atoms with Crippen LogP contribution < -0.4 is 5.11 Å². The number of carboxylic acids is 1. The number of carbonyl (C=O) groups is 1. The van der Waals surface area contributed by atoms with Crippen molar-refractivity contribution < 1.29 is 9.90 Å². The minimum atomic E-state index is -1.20. The Kier molecular flexibility index (Phi) is 2.43. The lowest BCUT2D eigenvalue weighted by atomic mass is 10.3. The third-order valence-corrected chi connectivity index (χ3v) is 2.98. The second-order valence-corrected chi connectivity index (χ2v) is 3.87. The molecule has 0 unspecified atom stereocenters. The lowest BCUT2D eigenvalue weighted by molar-refractivity contribution is -0.255. The van der Waals surface area contributed by atoms with E-state index in [0.717, 1.165) is 10.6 Å². The van der Waals surface area contributed by atoms with Crippen molar-refractivity contribution in [2.75, 3.05) is 0 Å². The van der Waals surface area contributed by atoms with E-state index in [1.165, 1.54) is 16.8 Å². The number of rotatable bonds is 3. The van der Waals surface area contributed by atoms with Crippen molar-refractivity contribution in [2.45, 2.75) is 0 Å². The molecule has 0 aliphatic rings. The van der Waals surface area contributed by atoms with Crippen LogP contribution in [0.3, 0.4) is 0 Å². The van der Waals surface area contributed by atoms with Crippen LogP contribution in [0, 0.1) is 0 Å². The number of aromatic nitrogens is 1. The van der Waals surface area contributed by atoms with Crippen LogP contribution in [0.4, 0.5) is 0 Å². The molecule has 0 aromatic carbocycles. The molecule has 0 saturated carbocycles. The van der Waals surface area contributed by atoms with Gasteiger partial charge >= 0.3 is 0 Å². The Bertz CT molecular complexity index is 497. The van der Waals surface area contributed by atoms with Gasteiger partial charge in [-0.1, -0.05) is 12.6 Å². The minimum Gasteiger partial charge on any atom is -0.543 e. The summed E-state index contributed by atoms with van der Waals surface area (Å²) in [6, 6.07) is 7.11. The molecule has 2 aromatic heterocycles. The van der Waals surface area contributed by atoms with Gasteiger partial charge < -0.3 is 14.5 Å². The van der Waals surface area contributed by atoms with Crippen molar-refractivity contribution in [1.29, 1.82) is 0 Å². The molecule has 0 N–H and O–H groups in total. The number of carbonyl (C=O) groups excluding carboxylic acids is 1. The van der Waals surface area contributed by atoms with Crippen LogP contribution in [0.2, 0.25) is 0 Å². The number of hydrogen-bond donors (Lipinski definition) is 0. The maximum Gasteiger partial charge on any atom is 0.0883 e. The largest absolute Gasteiger partial charge is 0.543 e. The third-order valence-electron chi connectivity index (χ3n) is 2.08. The van der Waals surface area contributed by atoms with E-state index in [1.807, 2.05) is 17.5 Å². The fraction of sp³-hybridized carbons (Fsp3) is 0. The van der Waals surface area contributed by atoms with Gasteiger partial charge in [-0.2, -0.15) is 0 Å². The predicted molar refractivity (Wildman–Crippen MR) is 58.5 cm³/mol. The fourth-order valence-electron chi connectivity index (χ4n) is 1.44. The van der Waals surface area contributed by atoms with Gasteiger partial charge in [0.05, 0.1) is 22.2 Å². The number of nitrogens with zero attached hydrogens (tertiary/aromatic N) is 1. The first kappa shape index (κ1) is 9.73. The molecule has 76 valence electrons. The molecule has 0 aliphatic carbocycles. The van der Waals surface area contributed by atoms with E-state index in [1.54, 1.807) is 17.4 Å². The topological polar surface area (TPSA) is 45.1 Å². The fourth-order valence-corrected chi connectivity index (χ4v) is 2.18. The summed E-state index contributed by atoms with van der Waals surface area (Å²) in [6.45, 7) is 3.59. The number of carboxylic acid groups (broad SMARTS) is 1. The zero-order valence-electron chi connectivity index (χ0n) is 7.84. The summed E-state index contributed by atoms with van der Waals surface area (Å²) < 4.78 is 1.52. The van der Waals surface area contributed by atoms with E-state index < -0.39 is 5.97 Å². The molecule has 2 aromatic rings. The van der Waals surface area contributed by atoms with Crippen LogP contribution in [0.25, 0.3) is 16.8 Å².